The second-order valence-electron chi connectivity index (χ2n) is 3.86. The van der Waals surface area contributed by atoms with Crippen LogP contribution in [0.3, 0.4) is 0 Å². The zero-order valence-electron chi connectivity index (χ0n) is 9.29. The minimum absolute atomic E-state index is 0.0569. The third-order valence-electron chi connectivity index (χ3n) is 2.75. The molecule has 2 heterocycles. The fraction of sp³-hybridized carbons (Fsp3) is 0. The zero-order valence-corrected chi connectivity index (χ0v) is 9.29. The van der Waals surface area contributed by atoms with Crippen LogP contribution in [-0.2, 0) is 0 Å². The molecule has 0 saturated heterocycles. The van der Waals surface area contributed by atoms with E-state index in [9.17, 15) is 4.79 Å². The number of aromatic carboxylic acids is 1. The number of aromatic nitrogens is 3. The normalized spacial score (nSPS) is 10.7. The van der Waals surface area contributed by atoms with Gasteiger partial charge in [0.2, 0.25) is 0 Å². The van der Waals surface area contributed by atoms with E-state index in [1.165, 1.54) is 6.07 Å². The number of fused-ring (bicyclic) bond motifs is 1. The van der Waals surface area contributed by atoms with E-state index in [2.05, 4.69) is 15.2 Å². The Labute approximate surface area is 102 Å². The Morgan fingerprint density at radius 3 is 2.67 bits per heavy atom. The number of benzene rings is 1. The van der Waals surface area contributed by atoms with Gasteiger partial charge >= 0.3 is 5.97 Å². The van der Waals surface area contributed by atoms with Gasteiger partial charge in [-0.25, -0.2) is 4.79 Å². The van der Waals surface area contributed by atoms with E-state index in [0.717, 1.165) is 16.5 Å². The highest BCUT2D eigenvalue weighted by Gasteiger charge is 2.09. The lowest BCUT2D eigenvalue weighted by Gasteiger charge is -1.98. The van der Waals surface area contributed by atoms with Gasteiger partial charge in [-0.05, 0) is 18.2 Å². The molecule has 0 fully saturated rings. The summed E-state index contributed by atoms with van der Waals surface area (Å²) in [5.74, 6) is -1.08. The number of nitrogens with zero attached hydrogens (tertiary/aromatic N) is 2. The van der Waals surface area contributed by atoms with Gasteiger partial charge in [0.15, 0.2) is 5.69 Å². The fourth-order valence-electron chi connectivity index (χ4n) is 1.87. The Morgan fingerprint density at radius 2 is 1.94 bits per heavy atom. The number of carbonyl (C=O) groups is 1. The van der Waals surface area contributed by atoms with Crippen LogP contribution in [0.5, 0.6) is 0 Å². The van der Waals surface area contributed by atoms with Crippen molar-refractivity contribution in [1.29, 1.82) is 0 Å². The first-order valence-electron chi connectivity index (χ1n) is 5.39. The maximum Gasteiger partial charge on any atom is 0.356 e. The van der Waals surface area contributed by atoms with E-state index >= 15 is 0 Å². The SMILES string of the molecule is O=C(O)c1ccc(-c2c[nH]c3ccccc23)nn1. The third-order valence-corrected chi connectivity index (χ3v) is 2.75. The van der Waals surface area contributed by atoms with E-state index in [1.54, 1.807) is 6.07 Å². The summed E-state index contributed by atoms with van der Waals surface area (Å²) in [6.45, 7) is 0. The number of hydrogen-bond acceptors (Lipinski definition) is 3. The zero-order chi connectivity index (χ0) is 12.5. The molecule has 3 aromatic rings. The summed E-state index contributed by atoms with van der Waals surface area (Å²) in [5.41, 5.74) is 2.52. The molecule has 0 aliphatic heterocycles. The number of para-hydroxylation sites is 1. The van der Waals surface area contributed by atoms with Crippen molar-refractivity contribution in [3.63, 3.8) is 0 Å². The first-order valence-corrected chi connectivity index (χ1v) is 5.39. The van der Waals surface area contributed by atoms with Gasteiger partial charge in [-0.1, -0.05) is 18.2 Å². The molecule has 2 N–H and O–H groups in total. The van der Waals surface area contributed by atoms with Crippen LogP contribution in [-0.4, -0.2) is 26.3 Å². The molecule has 5 nitrogen and oxygen atoms in total. The molecule has 0 amide bonds. The summed E-state index contributed by atoms with van der Waals surface area (Å²) in [4.78, 5) is 13.8. The van der Waals surface area contributed by atoms with Crippen molar-refractivity contribution in [2.75, 3.05) is 0 Å². The van der Waals surface area contributed by atoms with Crippen LogP contribution >= 0.6 is 0 Å². The van der Waals surface area contributed by atoms with E-state index in [0.29, 0.717) is 5.69 Å². The Kier molecular flexibility index (Phi) is 2.30. The number of nitrogens with one attached hydrogen (secondary N) is 1. The average molecular weight is 239 g/mol. The van der Waals surface area contributed by atoms with Crippen LogP contribution in [0.15, 0.2) is 42.6 Å². The Hall–Kier alpha value is -2.69. The average Bonchev–Trinajstić information content (AvgIpc) is 2.82. The predicted octanol–water partition coefficient (Wildman–Crippen LogP) is 2.32. The number of rotatable bonds is 2. The van der Waals surface area contributed by atoms with Crippen LogP contribution < -0.4 is 0 Å². The van der Waals surface area contributed by atoms with Crippen molar-refractivity contribution in [3.05, 3.63) is 48.3 Å². The molecule has 0 aliphatic carbocycles. The molecule has 1 aromatic carbocycles. The molecule has 0 unspecified atom stereocenters. The molecule has 0 radical (unpaired) electrons. The van der Waals surface area contributed by atoms with Gasteiger partial charge in [-0.15, -0.1) is 10.2 Å². The summed E-state index contributed by atoms with van der Waals surface area (Å²) < 4.78 is 0. The summed E-state index contributed by atoms with van der Waals surface area (Å²) in [7, 11) is 0. The fourth-order valence-corrected chi connectivity index (χ4v) is 1.87. The number of carboxylic acids is 1. The van der Waals surface area contributed by atoms with Crippen molar-refractivity contribution in [1.82, 2.24) is 15.2 Å². The molecular weight excluding hydrogens is 230 g/mol. The largest absolute Gasteiger partial charge is 0.476 e. The number of H-pyrrole nitrogens is 1. The molecule has 3 rings (SSSR count). The first-order chi connectivity index (χ1) is 8.75. The monoisotopic (exact) mass is 239 g/mol. The Morgan fingerprint density at radius 1 is 1.11 bits per heavy atom. The Bertz CT molecular complexity index is 716. The third kappa shape index (κ3) is 1.62. The summed E-state index contributed by atoms with van der Waals surface area (Å²) in [6.07, 6.45) is 1.84. The molecule has 5 heteroatoms. The molecule has 0 aliphatic rings. The van der Waals surface area contributed by atoms with Crippen LogP contribution in [0, 0.1) is 0 Å². The maximum atomic E-state index is 10.7. The highest BCUT2D eigenvalue weighted by atomic mass is 16.4. The smallest absolute Gasteiger partial charge is 0.356 e. The van der Waals surface area contributed by atoms with Crippen LogP contribution in [0.2, 0.25) is 0 Å². The quantitative estimate of drug-likeness (QED) is 0.719. The molecule has 88 valence electrons. The molecule has 2 aromatic heterocycles. The lowest BCUT2D eigenvalue weighted by molar-refractivity contribution is 0.0689. The molecule has 0 bridgehead atoms. The van der Waals surface area contributed by atoms with E-state index in [4.69, 9.17) is 5.11 Å². The van der Waals surface area contributed by atoms with Crippen molar-refractivity contribution in [3.8, 4) is 11.3 Å². The number of aromatic amines is 1. The molecule has 0 spiro atoms. The first kappa shape index (κ1) is 10.5. The topological polar surface area (TPSA) is 78.9 Å². The van der Waals surface area contributed by atoms with Crippen molar-refractivity contribution in [2.24, 2.45) is 0 Å². The molecule has 18 heavy (non-hydrogen) atoms. The summed E-state index contributed by atoms with van der Waals surface area (Å²) in [6, 6.07) is 10.9. The van der Waals surface area contributed by atoms with E-state index < -0.39 is 5.97 Å². The molecular formula is C13H9N3O2. The predicted molar refractivity (Wildman–Crippen MR) is 66.3 cm³/mol. The van der Waals surface area contributed by atoms with Gasteiger partial charge in [-0.2, -0.15) is 0 Å². The summed E-state index contributed by atoms with van der Waals surface area (Å²) >= 11 is 0. The minimum atomic E-state index is -1.08. The van der Waals surface area contributed by atoms with Gasteiger partial charge in [0.25, 0.3) is 0 Å². The number of hydrogen-bond donors (Lipinski definition) is 2. The van der Waals surface area contributed by atoms with Gasteiger partial charge in [0.1, 0.15) is 0 Å². The second-order valence-corrected chi connectivity index (χ2v) is 3.86. The van der Waals surface area contributed by atoms with Crippen LogP contribution in [0.4, 0.5) is 0 Å². The van der Waals surface area contributed by atoms with Crippen LogP contribution in [0.1, 0.15) is 10.5 Å². The lowest BCUT2D eigenvalue weighted by Crippen LogP contribution is -2.01. The molecule has 0 atom stereocenters. The van der Waals surface area contributed by atoms with Crippen molar-refractivity contribution < 1.29 is 9.90 Å². The lowest BCUT2D eigenvalue weighted by atomic mass is 10.1. The number of carboxylic acid groups (broad SMARTS) is 1. The molecule has 0 saturated carbocycles. The highest BCUT2D eigenvalue weighted by Crippen LogP contribution is 2.26. The summed E-state index contributed by atoms with van der Waals surface area (Å²) in [5, 5.41) is 17.4. The van der Waals surface area contributed by atoms with E-state index in [-0.39, 0.29) is 5.69 Å². The standard InChI is InChI=1S/C13H9N3O2/c17-13(18)12-6-5-11(15-16-12)9-7-14-10-4-2-1-3-8(9)10/h1-7,14H,(H,17,18). The Balaban J connectivity index is 2.12. The van der Waals surface area contributed by atoms with Crippen molar-refractivity contribution >= 4 is 16.9 Å². The van der Waals surface area contributed by atoms with E-state index in [1.807, 2.05) is 30.5 Å². The van der Waals surface area contributed by atoms with Gasteiger partial charge in [-0.3, -0.25) is 0 Å². The maximum absolute atomic E-state index is 10.7. The highest BCUT2D eigenvalue weighted by molar-refractivity contribution is 5.94. The van der Waals surface area contributed by atoms with Crippen molar-refractivity contribution in [2.45, 2.75) is 0 Å². The second kappa shape index (κ2) is 3.96. The van der Waals surface area contributed by atoms with Gasteiger partial charge in [0, 0.05) is 22.7 Å². The van der Waals surface area contributed by atoms with Gasteiger partial charge in [0.05, 0.1) is 5.69 Å². The van der Waals surface area contributed by atoms with Gasteiger partial charge < -0.3 is 10.1 Å². The van der Waals surface area contributed by atoms with Crippen LogP contribution in [0.25, 0.3) is 22.2 Å². The minimum Gasteiger partial charge on any atom is -0.476 e.